The van der Waals surface area contributed by atoms with E-state index >= 15 is 0 Å². The molecule has 0 saturated carbocycles. The summed E-state index contributed by atoms with van der Waals surface area (Å²) in [4.78, 5) is 20.2. The highest BCUT2D eigenvalue weighted by Crippen LogP contribution is 2.09. The first-order valence-electron chi connectivity index (χ1n) is 8.01. The van der Waals surface area contributed by atoms with Crippen molar-refractivity contribution in [2.45, 2.75) is 6.92 Å². The number of urea groups is 1. The van der Waals surface area contributed by atoms with Gasteiger partial charge in [0.05, 0.1) is 0 Å². The molecule has 0 atom stereocenters. The van der Waals surface area contributed by atoms with Crippen LogP contribution < -0.4 is 16.0 Å². The molecule has 0 aliphatic heterocycles. The summed E-state index contributed by atoms with van der Waals surface area (Å²) in [5.74, 6) is 1.49. The highest BCUT2D eigenvalue weighted by atomic mass is 16.2. The predicted octanol–water partition coefficient (Wildman–Crippen LogP) is 2.81. The van der Waals surface area contributed by atoms with Gasteiger partial charge in [-0.15, -0.1) is 0 Å². The number of carbonyl (C=O) groups excluding carboxylic acids is 1. The van der Waals surface area contributed by atoms with Gasteiger partial charge in [-0.25, -0.2) is 14.8 Å². The van der Waals surface area contributed by atoms with Crippen molar-refractivity contribution in [1.29, 1.82) is 0 Å². The number of anilines is 2. The average molecular weight is 336 g/mol. The molecule has 25 heavy (non-hydrogen) atoms. The molecular weight excluding hydrogens is 316 g/mol. The summed E-state index contributed by atoms with van der Waals surface area (Å²) >= 11 is 0. The fraction of sp³-hybridized carbons (Fsp3) is 0.167. The van der Waals surface area contributed by atoms with E-state index in [4.69, 9.17) is 0 Å². The van der Waals surface area contributed by atoms with Gasteiger partial charge in [-0.3, -0.25) is 0 Å². The minimum Gasteiger partial charge on any atom is -0.368 e. The van der Waals surface area contributed by atoms with E-state index in [1.807, 2.05) is 66.3 Å². The smallest absolute Gasteiger partial charge is 0.319 e. The first-order valence-corrected chi connectivity index (χ1v) is 8.01. The molecule has 0 aliphatic rings. The largest absolute Gasteiger partial charge is 0.368 e. The SMILES string of the molecule is Cc1ccc(NC(=O)NCCNc2cc(-n3cccc3)ncn2)cc1. The summed E-state index contributed by atoms with van der Waals surface area (Å²) in [7, 11) is 0. The van der Waals surface area contributed by atoms with Crippen molar-refractivity contribution in [3.63, 3.8) is 0 Å². The number of hydrogen-bond donors (Lipinski definition) is 3. The Morgan fingerprint density at radius 1 is 1.08 bits per heavy atom. The lowest BCUT2D eigenvalue weighted by Gasteiger charge is -2.10. The van der Waals surface area contributed by atoms with Crippen LogP contribution in [0.5, 0.6) is 0 Å². The number of nitrogens with zero attached hydrogens (tertiary/aromatic N) is 3. The fourth-order valence-electron chi connectivity index (χ4n) is 2.25. The predicted molar refractivity (Wildman–Crippen MR) is 98.0 cm³/mol. The molecule has 3 N–H and O–H groups in total. The number of nitrogens with one attached hydrogen (secondary N) is 3. The van der Waals surface area contributed by atoms with Crippen LogP contribution in [0.15, 0.2) is 61.2 Å². The third-order valence-corrected chi connectivity index (χ3v) is 3.55. The van der Waals surface area contributed by atoms with Gasteiger partial charge in [0.2, 0.25) is 0 Å². The van der Waals surface area contributed by atoms with Gasteiger partial charge < -0.3 is 20.5 Å². The number of amides is 2. The van der Waals surface area contributed by atoms with E-state index in [9.17, 15) is 4.79 Å². The lowest BCUT2D eigenvalue weighted by molar-refractivity contribution is 0.252. The minimum absolute atomic E-state index is 0.235. The Balaban J connectivity index is 1.43. The Morgan fingerprint density at radius 2 is 1.84 bits per heavy atom. The molecule has 0 spiro atoms. The van der Waals surface area contributed by atoms with Crippen molar-refractivity contribution in [1.82, 2.24) is 19.9 Å². The standard InChI is InChI=1S/C18H20N6O/c1-14-4-6-15(7-5-14)23-18(25)20-9-8-19-16-12-17(22-13-21-16)24-10-2-3-11-24/h2-7,10-13H,8-9H2,1H3,(H,19,21,22)(H2,20,23,25). The normalized spacial score (nSPS) is 10.3. The van der Waals surface area contributed by atoms with E-state index in [0.29, 0.717) is 18.9 Å². The van der Waals surface area contributed by atoms with Gasteiger partial charge in [0, 0.05) is 37.2 Å². The number of carbonyl (C=O) groups is 1. The van der Waals surface area contributed by atoms with Crippen molar-refractivity contribution < 1.29 is 4.79 Å². The summed E-state index contributed by atoms with van der Waals surface area (Å²) in [6.07, 6.45) is 5.35. The van der Waals surface area contributed by atoms with Gasteiger partial charge in [0.1, 0.15) is 18.0 Å². The van der Waals surface area contributed by atoms with Gasteiger partial charge in [0.15, 0.2) is 0 Å². The summed E-state index contributed by atoms with van der Waals surface area (Å²) < 4.78 is 1.90. The molecule has 0 unspecified atom stereocenters. The Kier molecular flexibility index (Phi) is 5.26. The lowest BCUT2D eigenvalue weighted by Crippen LogP contribution is -2.32. The molecule has 0 fully saturated rings. The van der Waals surface area contributed by atoms with Crippen molar-refractivity contribution in [3.05, 3.63) is 66.7 Å². The Morgan fingerprint density at radius 3 is 2.60 bits per heavy atom. The van der Waals surface area contributed by atoms with Gasteiger partial charge in [-0.1, -0.05) is 17.7 Å². The lowest BCUT2D eigenvalue weighted by atomic mass is 10.2. The van der Waals surface area contributed by atoms with Gasteiger partial charge in [-0.2, -0.15) is 0 Å². The molecule has 3 rings (SSSR count). The van der Waals surface area contributed by atoms with Gasteiger partial charge in [0.25, 0.3) is 0 Å². The van der Waals surface area contributed by atoms with Gasteiger partial charge >= 0.3 is 6.03 Å². The van der Waals surface area contributed by atoms with Crippen LogP contribution in [0.2, 0.25) is 0 Å². The monoisotopic (exact) mass is 336 g/mol. The van der Waals surface area contributed by atoms with E-state index in [1.54, 1.807) is 0 Å². The molecule has 128 valence electrons. The molecule has 2 heterocycles. The maximum absolute atomic E-state index is 11.8. The number of aromatic nitrogens is 3. The first kappa shape index (κ1) is 16.5. The summed E-state index contributed by atoms with van der Waals surface area (Å²) in [5.41, 5.74) is 1.92. The van der Waals surface area contributed by atoms with E-state index < -0.39 is 0 Å². The number of aryl methyl sites for hydroxylation is 1. The second-order valence-corrected chi connectivity index (χ2v) is 5.53. The van der Waals surface area contributed by atoms with Crippen LogP contribution in [0.4, 0.5) is 16.3 Å². The number of benzene rings is 1. The second-order valence-electron chi connectivity index (χ2n) is 5.53. The molecule has 0 aliphatic carbocycles. The van der Waals surface area contributed by atoms with Crippen LogP contribution in [0.3, 0.4) is 0 Å². The zero-order valence-corrected chi connectivity index (χ0v) is 13.9. The summed E-state index contributed by atoms with van der Waals surface area (Å²) in [6.45, 7) is 3.04. The Hall–Kier alpha value is -3.35. The van der Waals surface area contributed by atoms with E-state index in [0.717, 1.165) is 17.1 Å². The van der Waals surface area contributed by atoms with Crippen LogP contribution in [0.1, 0.15) is 5.56 Å². The highest BCUT2D eigenvalue weighted by Gasteiger charge is 2.02. The maximum Gasteiger partial charge on any atom is 0.319 e. The zero-order chi connectivity index (χ0) is 17.5. The highest BCUT2D eigenvalue weighted by molar-refractivity contribution is 5.89. The molecule has 2 aromatic heterocycles. The molecule has 2 amide bonds. The van der Waals surface area contributed by atoms with E-state index in [2.05, 4.69) is 25.9 Å². The van der Waals surface area contributed by atoms with Crippen molar-refractivity contribution in [2.75, 3.05) is 23.7 Å². The molecule has 0 bridgehead atoms. The zero-order valence-electron chi connectivity index (χ0n) is 13.9. The summed E-state index contributed by atoms with van der Waals surface area (Å²) in [5, 5.41) is 8.75. The first-order chi connectivity index (χ1) is 12.2. The molecular formula is C18H20N6O. The van der Waals surface area contributed by atoms with Gasteiger partial charge in [-0.05, 0) is 31.2 Å². The van der Waals surface area contributed by atoms with Crippen LogP contribution in [0.25, 0.3) is 5.82 Å². The topological polar surface area (TPSA) is 83.9 Å². The van der Waals surface area contributed by atoms with E-state index in [1.165, 1.54) is 6.33 Å². The maximum atomic E-state index is 11.8. The van der Waals surface area contributed by atoms with Crippen LogP contribution in [0, 0.1) is 6.92 Å². The molecule has 7 heteroatoms. The molecule has 0 radical (unpaired) electrons. The number of rotatable bonds is 6. The number of hydrogen-bond acceptors (Lipinski definition) is 4. The van der Waals surface area contributed by atoms with Crippen LogP contribution in [-0.2, 0) is 0 Å². The average Bonchev–Trinajstić information content (AvgIpc) is 3.16. The van der Waals surface area contributed by atoms with Crippen LogP contribution >= 0.6 is 0 Å². The van der Waals surface area contributed by atoms with Crippen molar-refractivity contribution in [3.8, 4) is 5.82 Å². The van der Waals surface area contributed by atoms with Crippen molar-refractivity contribution >= 4 is 17.5 Å². The minimum atomic E-state index is -0.235. The van der Waals surface area contributed by atoms with Crippen molar-refractivity contribution in [2.24, 2.45) is 0 Å². The third-order valence-electron chi connectivity index (χ3n) is 3.55. The molecule has 0 saturated heterocycles. The second kappa shape index (κ2) is 7.96. The van der Waals surface area contributed by atoms with E-state index in [-0.39, 0.29) is 6.03 Å². The summed E-state index contributed by atoms with van der Waals surface area (Å²) in [6, 6.07) is 13.1. The fourth-order valence-corrected chi connectivity index (χ4v) is 2.25. The molecule has 7 nitrogen and oxygen atoms in total. The third kappa shape index (κ3) is 4.81. The van der Waals surface area contributed by atoms with Crippen LogP contribution in [-0.4, -0.2) is 33.7 Å². The quantitative estimate of drug-likeness (QED) is 0.604. The Bertz CT molecular complexity index is 814. The Labute approximate surface area is 146 Å². The molecule has 1 aromatic carbocycles. The molecule has 3 aromatic rings.